The van der Waals surface area contributed by atoms with Crippen LogP contribution < -0.4 is 0 Å². The molecule has 1 aromatic carbocycles. The van der Waals surface area contributed by atoms with E-state index >= 15 is 0 Å². The van der Waals surface area contributed by atoms with Gasteiger partial charge in [0.15, 0.2) is 11.6 Å². The zero-order valence-electron chi connectivity index (χ0n) is 9.80. The average Bonchev–Trinajstić information content (AvgIpc) is 2.66. The molecular formula is C13H11BrF2OS. The summed E-state index contributed by atoms with van der Waals surface area (Å²) in [6.45, 7) is 3.36. The Morgan fingerprint density at radius 1 is 1.17 bits per heavy atom. The number of aryl methyl sites for hydroxylation is 2. The number of rotatable bonds is 2. The molecule has 0 fully saturated rings. The van der Waals surface area contributed by atoms with Crippen LogP contribution in [0.15, 0.2) is 22.0 Å². The summed E-state index contributed by atoms with van der Waals surface area (Å²) in [5.74, 6) is -1.89. The van der Waals surface area contributed by atoms with Gasteiger partial charge in [-0.2, -0.15) is 0 Å². The Hall–Kier alpha value is -0.780. The number of thiophene rings is 1. The Morgan fingerprint density at radius 2 is 1.83 bits per heavy atom. The second-order valence-electron chi connectivity index (χ2n) is 4.11. The van der Waals surface area contributed by atoms with Gasteiger partial charge in [-0.25, -0.2) is 8.78 Å². The minimum absolute atomic E-state index is 0.0353. The van der Waals surface area contributed by atoms with E-state index in [0.29, 0.717) is 4.88 Å². The maximum Gasteiger partial charge on any atom is 0.165 e. The van der Waals surface area contributed by atoms with Crippen molar-refractivity contribution >= 4 is 27.3 Å². The van der Waals surface area contributed by atoms with Gasteiger partial charge in [-0.05, 0) is 47.0 Å². The molecule has 0 spiro atoms. The average molecular weight is 333 g/mol. The normalized spacial score (nSPS) is 12.8. The fourth-order valence-electron chi connectivity index (χ4n) is 1.64. The van der Waals surface area contributed by atoms with Crippen LogP contribution in [0, 0.1) is 25.5 Å². The molecule has 18 heavy (non-hydrogen) atoms. The molecule has 0 bridgehead atoms. The Labute approximate surface area is 116 Å². The molecule has 1 heterocycles. The fourth-order valence-corrected chi connectivity index (χ4v) is 3.22. The van der Waals surface area contributed by atoms with E-state index in [1.165, 1.54) is 30.4 Å². The topological polar surface area (TPSA) is 20.2 Å². The number of benzene rings is 1. The van der Waals surface area contributed by atoms with Crippen LogP contribution in [0.4, 0.5) is 8.78 Å². The Bertz CT molecular complexity index is 575. The van der Waals surface area contributed by atoms with E-state index in [0.717, 1.165) is 9.35 Å². The molecule has 0 saturated heterocycles. The van der Waals surface area contributed by atoms with E-state index in [1.54, 1.807) is 6.07 Å². The molecule has 1 atom stereocenters. The van der Waals surface area contributed by atoms with Crippen LogP contribution in [-0.2, 0) is 0 Å². The van der Waals surface area contributed by atoms with Gasteiger partial charge in [-0.15, -0.1) is 11.3 Å². The lowest BCUT2D eigenvalue weighted by Crippen LogP contribution is -2.03. The van der Waals surface area contributed by atoms with Gasteiger partial charge in [0.05, 0.1) is 3.79 Å². The van der Waals surface area contributed by atoms with Gasteiger partial charge in [0, 0.05) is 10.4 Å². The molecule has 96 valence electrons. The second kappa shape index (κ2) is 5.07. The van der Waals surface area contributed by atoms with Gasteiger partial charge in [-0.1, -0.05) is 12.1 Å². The monoisotopic (exact) mass is 332 g/mol. The molecule has 1 aromatic heterocycles. The van der Waals surface area contributed by atoms with Crippen LogP contribution in [0.2, 0.25) is 0 Å². The summed E-state index contributed by atoms with van der Waals surface area (Å²) < 4.78 is 28.1. The van der Waals surface area contributed by atoms with Crippen molar-refractivity contribution in [2.24, 2.45) is 0 Å². The molecule has 0 radical (unpaired) electrons. The molecule has 1 unspecified atom stereocenters. The first-order valence-electron chi connectivity index (χ1n) is 5.30. The summed E-state index contributed by atoms with van der Waals surface area (Å²) in [7, 11) is 0. The van der Waals surface area contributed by atoms with Crippen molar-refractivity contribution in [1.82, 2.24) is 0 Å². The Balaban J connectivity index is 2.46. The first-order valence-corrected chi connectivity index (χ1v) is 6.91. The first kappa shape index (κ1) is 13.6. The lowest BCUT2D eigenvalue weighted by atomic mass is 10.0. The molecular weight excluding hydrogens is 322 g/mol. The molecule has 0 aliphatic heterocycles. The van der Waals surface area contributed by atoms with E-state index in [2.05, 4.69) is 15.9 Å². The van der Waals surface area contributed by atoms with Crippen molar-refractivity contribution in [2.75, 3.05) is 0 Å². The van der Waals surface area contributed by atoms with Crippen LogP contribution in [0.1, 0.15) is 27.7 Å². The highest BCUT2D eigenvalue weighted by Gasteiger charge is 2.21. The lowest BCUT2D eigenvalue weighted by Gasteiger charge is -2.11. The first-order chi connectivity index (χ1) is 8.41. The van der Waals surface area contributed by atoms with Crippen molar-refractivity contribution in [3.05, 3.63) is 55.2 Å². The van der Waals surface area contributed by atoms with Crippen LogP contribution >= 0.6 is 27.3 Å². The summed E-state index contributed by atoms with van der Waals surface area (Å²) in [4.78, 5) is 0.585. The third-order valence-corrected chi connectivity index (χ3v) is 4.93. The zero-order chi connectivity index (χ0) is 13.4. The van der Waals surface area contributed by atoms with Crippen LogP contribution in [-0.4, -0.2) is 5.11 Å². The number of aliphatic hydroxyl groups excluding tert-OH is 1. The molecule has 0 aliphatic carbocycles. The molecule has 2 aromatic rings. The Kier molecular flexibility index (Phi) is 3.84. The van der Waals surface area contributed by atoms with Crippen molar-refractivity contribution in [2.45, 2.75) is 20.0 Å². The fraction of sp³-hybridized carbons (Fsp3) is 0.231. The van der Waals surface area contributed by atoms with Gasteiger partial charge in [0.2, 0.25) is 0 Å². The van der Waals surface area contributed by atoms with Crippen molar-refractivity contribution in [3.63, 3.8) is 0 Å². The summed E-state index contributed by atoms with van der Waals surface area (Å²) in [6, 6.07) is 4.64. The van der Waals surface area contributed by atoms with Gasteiger partial charge in [-0.3, -0.25) is 0 Å². The molecule has 1 N–H and O–H groups in total. The van der Waals surface area contributed by atoms with Gasteiger partial charge >= 0.3 is 0 Å². The van der Waals surface area contributed by atoms with Gasteiger partial charge in [0.25, 0.3) is 0 Å². The molecule has 0 aliphatic rings. The number of aliphatic hydroxyl groups is 1. The highest BCUT2D eigenvalue weighted by Crippen LogP contribution is 2.35. The number of hydrogen-bond donors (Lipinski definition) is 1. The van der Waals surface area contributed by atoms with E-state index < -0.39 is 17.7 Å². The van der Waals surface area contributed by atoms with E-state index in [1.807, 2.05) is 6.92 Å². The summed E-state index contributed by atoms with van der Waals surface area (Å²) in [5.41, 5.74) is 1.15. The van der Waals surface area contributed by atoms with E-state index in [-0.39, 0.29) is 11.1 Å². The smallest absolute Gasteiger partial charge is 0.165 e. The highest BCUT2D eigenvalue weighted by atomic mass is 79.9. The largest absolute Gasteiger partial charge is 0.383 e. The minimum atomic E-state index is -1.14. The predicted octanol–water partition coefficient (Wildman–Crippen LogP) is 4.49. The molecule has 0 saturated carbocycles. The van der Waals surface area contributed by atoms with E-state index in [4.69, 9.17) is 0 Å². The minimum Gasteiger partial charge on any atom is -0.383 e. The lowest BCUT2D eigenvalue weighted by molar-refractivity contribution is 0.217. The maximum atomic E-state index is 13.8. The molecule has 0 amide bonds. The third kappa shape index (κ3) is 2.35. The van der Waals surface area contributed by atoms with Crippen molar-refractivity contribution in [1.29, 1.82) is 0 Å². The van der Waals surface area contributed by atoms with Crippen molar-refractivity contribution in [3.8, 4) is 0 Å². The predicted molar refractivity (Wildman–Crippen MR) is 71.9 cm³/mol. The maximum absolute atomic E-state index is 13.8. The summed E-state index contributed by atoms with van der Waals surface area (Å²) in [5, 5.41) is 10.1. The molecule has 2 rings (SSSR count). The number of hydrogen-bond acceptors (Lipinski definition) is 2. The third-order valence-electron chi connectivity index (χ3n) is 2.75. The van der Waals surface area contributed by atoms with Crippen LogP contribution in [0.5, 0.6) is 0 Å². The van der Waals surface area contributed by atoms with Crippen LogP contribution in [0.25, 0.3) is 0 Å². The zero-order valence-corrected chi connectivity index (χ0v) is 12.2. The van der Waals surface area contributed by atoms with Gasteiger partial charge in [0.1, 0.15) is 6.10 Å². The molecule has 5 heteroatoms. The number of halogens is 3. The van der Waals surface area contributed by atoms with Crippen molar-refractivity contribution < 1.29 is 13.9 Å². The van der Waals surface area contributed by atoms with Gasteiger partial charge < -0.3 is 5.11 Å². The highest BCUT2D eigenvalue weighted by molar-refractivity contribution is 9.11. The summed E-state index contributed by atoms with van der Waals surface area (Å²) in [6.07, 6.45) is -1.14. The van der Waals surface area contributed by atoms with Crippen LogP contribution in [0.3, 0.4) is 0 Å². The molecule has 1 nitrogen and oxygen atoms in total. The Morgan fingerprint density at radius 3 is 2.39 bits per heavy atom. The van der Waals surface area contributed by atoms with E-state index in [9.17, 15) is 13.9 Å². The SMILES string of the molecule is Cc1cc(C(O)c2ccc(C)c(F)c2F)sc1Br. The standard InChI is InChI=1S/C13H11BrF2OS/c1-6-3-4-8(11(16)10(6)15)12(17)9-5-7(2)13(14)18-9/h3-5,12,17H,1-2H3. The second-order valence-corrected chi connectivity index (χ2v) is 6.51. The summed E-state index contributed by atoms with van der Waals surface area (Å²) >= 11 is 4.65. The quantitative estimate of drug-likeness (QED) is 0.859.